The van der Waals surface area contributed by atoms with Gasteiger partial charge in [0.15, 0.2) is 0 Å². The second-order valence-electron chi connectivity index (χ2n) is 7.13. The fraction of sp³-hybridized carbons (Fsp3) is 0.778. The predicted octanol–water partition coefficient (Wildman–Crippen LogP) is 1.45. The van der Waals surface area contributed by atoms with Crippen molar-refractivity contribution < 1.29 is 24.0 Å². The molecule has 3 aliphatic rings. The number of hydrogen-bond donors (Lipinski definition) is 4. The van der Waals surface area contributed by atoms with Crippen LogP contribution >= 0.6 is 58.2 Å². The largest absolute Gasteiger partial charge is 0.333 e. The first-order valence-electron chi connectivity index (χ1n) is 10.4. The van der Waals surface area contributed by atoms with E-state index in [1.807, 2.05) is 11.8 Å². The molecule has 0 saturated carbocycles. The van der Waals surface area contributed by atoms with Crippen molar-refractivity contribution in [2.75, 3.05) is 30.3 Å². The van der Waals surface area contributed by atoms with E-state index < -0.39 is 17.8 Å². The van der Waals surface area contributed by atoms with Gasteiger partial charge in [0.2, 0.25) is 0 Å². The number of urea groups is 1. The van der Waals surface area contributed by atoms with Crippen LogP contribution < -0.4 is 22.1 Å². The predicted molar refractivity (Wildman–Crippen MR) is 139 cm³/mol. The Balaban J connectivity index is 0.000000890. The first kappa shape index (κ1) is 32.4. The first-order chi connectivity index (χ1) is 15.0. The summed E-state index contributed by atoms with van der Waals surface area (Å²) in [5, 5.41) is 6.76. The summed E-state index contributed by atoms with van der Waals surface area (Å²) in [5.74, 6) is 1.51. The molecular weight excluding hydrogens is 533 g/mol. The van der Waals surface area contributed by atoms with Crippen molar-refractivity contribution in [3.8, 4) is 0 Å². The van der Waals surface area contributed by atoms with Gasteiger partial charge in [0.1, 0.15) is 0 Å². The van der Waals surface area contributed by atoms with Crippen LogP contribution in [0.3, 0.4) is 0 Å². The number of hydroxylamine groups is 2. The van der Waals surface area contributed by atoms with Gasteiger partial charge in [0.25, 0.3) is 11.8 Å². The number of unbranched alkanes of at least 4 members (excludes halogenated alkanes) is 1. The second kappa shape index (κ2) is 17.8. The molecule has 3 atom stereocenters. The molecule has 0 aromatic rings. The molecule has 3 fully saturated rings. The Labute approximate surface area is 218 Å². The Morgan fingerprint density at radius 3 is 2.21 bits per heavy atom. The van der Waals surface area contributed by atoms with Crippen LogP contribution in [0.1, 0.15) is 38.5 Å². The van der Waals surface area contributed by atoms with E-state index in [-0.39, 0.29) is 62.2 Å². The van der Waals surface area contributed by atoms with E-state index in [4.69, 9.17) is 16.3 Å². The number of halogens is 2. The zero-order valence-corrected chi connectivity index (χ0v) is 22.3. The van der Waals surface area contributed by atoms with Crippen LogP contribution in [0.4, 0.5) is 4.79 Å². The number of hydrogen-bond acceptors (Lipinski definition) is 10. The molecule has 4 amide bonds. The molecule has 3 unspecified atom stereocenters. The van der Waals surface area contributed by atoms with Gasteiger partial charge < -0.3 is 26.9 Å². The topological polar surface area (TPSA) is 157 Å². The number of carbonyl (C=O) groups excluding carboxylic acids is 4. The molecule has 33 heavy (non-hydrogen) atoms. The lowest BCUT2D eigenvalue weighted by Gasteiger charge is -2.16. The molecule has 3 saturated heterocycles. The molecule has 10 nitrogen and oxygen atoms in total. The van der Waals surface area contributed by atoms with Crippen molar-refractivity contribution in [1.82, 2.24) is 15.7 Å². The number of nitrogens with two attached hydrogens (primary N) is 2. The summed E-state index contributed by atoms with van der Waals surface area (Å²) in [6.45, 7) is 1.53. The van der Waals surface area contributed by atoms with Gasteiger partial charge in [-0.15, -0.1) is 29.9 Å². The standard InChI is InChI=1S/C14H19N3O5S.C4H12N2S2.2ClH/c18-10-5-6-11(19)17(10)22-12(20)4-2-1-3-9-13-8(7-23-9)15-14(21)16-13;5-1-3-7-8-4-2-6;;/h8-9,13H,1-7H2,(H2,15,16,21);1-6H2;2*1H. The van der Waals surface area contributed by atoms with Crippen LogP contribution in [0.15, 0.2) is 0 Å². The third-order valence-electron chi connectivity index (χ3n) is 4.74. The first-order valence-corrected chi connectivity index (χ1v) is 13.9. The number of rotatable bonds is 11. The maximum absolute atomic E-state index is 11.7. The highest BCUT2D eigenvalue weighted by atomic mass is 35.5. The molecule has 192 valence electrons. The summed E-state index contributed by atoms with van der Waals surface area (Å²) in [7, 11) is 3.58. The third-order valence-corrected chi connectivity index (χ3v) is 8.72. The van der Waals surface area contributed by atoms with Gasteiger partial charge in [-0.05, 0) is 12.8 Å². The highest BCUT2D eigenvalue weighted by molar-refractivity contribution is 8.76. The number of nitrogens with zero attached hydrogens (tertiary/aromatic N) is 1. The lowest BCUT2D eigenvalue weighted by Crippen LogP contribution is -2.36. The van der Waals surface area contributed by atoms with E-state index in [0.29, 0.717) is 16.7 Å². The Bertz CT molecular complexity index is 631. The lowest BCUT2D eigenvalue weighted by molar-refractivity contribution is -0.197. The van der Waals surface area contributed by atoms with Crippen molar-refractivity contribution in [1.29, 1.82) is 0 Å². The Kier molecular flexibility index (Phi) is 17.5. The molecule has 3 heterocycles. The number of nitrogens with one attached hydrogen (secondary N) is 2. The second-order valence-corrected chi connectivity index (χ2v) is 11.1. The summed E-state index contributed by atoms with van der Waals surface area (Å²) in [6, 6.07) is 0.266. The Morgan fingerprint density at radius 2 is 1.64 bits per heavy atom. The minimum Gasteiger partial charge on any atom is -0.332 e. The van der Waals surface area contributed by atoms with Crippen LogP contribution in [0.5, 0.6) is 0 Å². The van der Waals surface area contributed by atoms with Gasteiger partial charge in [0.05, 0.1) is 12.1 Å². The van der Waals surface area contributed by atoms with Gasteiger partial charge >= 0.3 is 12.0 Å². The molecule has 0 bridgehead atoms. The maximum atomic E-state index is 11.7. The van der Waals surface area contributed by atoms with Crippen molar-refractivity contribution in [2.24, 2.45) is 11.5 Å². The molecule has 0 aliphatic carbocycles. The van der Waals surface area contributed by atoms with Crippen LogP contribution in [-0.2, 0) is 19.2 Å². The monoisotopic (exact) mass is 565 g/mol. The number of fused-ring (bicyclic) bond motifs is 1. The minimum absolute atomic E-state index is 0. The molecule has 0 radical (unpaired) electrons. The van der Waals surface area contributed by atoms with E-state index in [1.165, 1.54) is 0 Å². The minimum atomic E-state index is -0.554. The maximum Gasteiger partial charge on any atom is 0.333 e. The summed E-state index contributed by atoms with van der Waals surface area (Å²) >= 11 is 1.83. The molecule has 3 aliphatic heterocycles. The number of amides is 4. The average Bonchev–Trinajstić information content (AvgIpc) is 3.39. The van der Waals surface area contributed by atoms with Gasteiger partial charge in [0, 0.05) is 54.9 Å². The molecular formula is C18H33Cl2N5O5S3. The van der Waals surface area contributed by atoms with E-state index in [0.717, 1.165) is 43.2 Å². The van der Waals surface area contributed by atoms with Crippen molar-refractivity contribution >= 4 is 82.0 Å². The highest BCUT2D eigenvalue weighted by Gasteiger charge is 2.42. The molecule has 0 spiro atoms. The normalized spacial score (nSPS) is 22.9. The summed E-state index contributed by atoms with van der Waals surface area (Å²) in [4.78, 5) is 50.5. The fourth-order valence-electron chi connectivity index (χ4n) is 3.28. The third kappa shape index (κ3) is 11.1. The van der Waals surface area contributed by atoms with Crippen molar-refractivity contribution in [2.45, 2.75) is 55.9 Å². The Hall–Kier alpha value is -0.570. The molecule has 3 rings (SSSR count). The zero-order chi connectivity index (χ0) is 22.6. The van der Waals surface area contributed by atoms with E-state index in [1.54, 1.807) is 21.6 Å². The molecule has 0 aromatic heterocycles. The number of imide groups is 1. The molecule has 6 N–H and O–H groups in total. The SMILES string of the molecule is Cl.Cl.NCCSSCCN.O=C1NC2CSC(CCCCC(=O)ON3C(=O)CCC3=O)C2N1. The summed E-state index contributed by atoms with van der Waals surface area (Å²) in [5.41, 5.74) is 10.5. The summed E-state index contributed by atoms with van der Waals surface area (Å²) < 4.78 is 0. The Morgan fingerprint density at radius 1 is 1.03 bits per heavy atom. The van der Waals surface area contributed by atoms with Crippen LogP contribution in [0.25, 0.3) is 0 Å². The van der Waals surface area contributed by atoms with E-state index in [2.05, 4.69) is 10.6 Å². The lowest BCUT2D eigenvalue weighted by atomic mass is 10.0. The average molecular weight is 567 g/mol. The van der Waals surface area contributed by atoms with Crippen LogP contribution in [-0.4, -0.2) is 76.6 Å². The van der Waals surface area contributed by atoms with Gasteiger partial charge in [-0.2, -0.15) is 11.8 Å². The van der Waals surface area contributed by atoms with Crippen molar-refractivity contribution in [3.63, 3.8) is 0 Å². The highest BCUT2D eigenvalue weighted by Crippen LogP contribution is 2.33. The van der Waals surface area contributed by atoms with E-state index in [9.17, 15) is 19.2 Å². The fourth-order valence-corrected chi connectivity index (χ4v) is 6.53. The van der Waals surface area contributed by atoms with Gasteiger partial charge in [-0.1, -0.05) is 28.0 Å². The van der Waals surface area contributed by atoms with Crippen molar-refractivity contribution in [3.05, 3.63) is 0 Å². The molecule has 0 aromatic carbocycles. The molecule has 15 heteroatoms. The van der Waals surface area contributed by atoms with Gasteiger partial charge in [-0.3, -0.25) is 9.59 Å². The quantitative estimate of drug-likeness (QED) is 0.125. The van der Waals surface area contributed by atoms with E-state index >= 15 is 0 Å². The van der Waals surface area contributed by atoms with Crippen LogP contribution in [0.2, 0.25) is 0 Å². The summed E-state index contributed by atoms with van der Waals surface area (Å²) in [6.07, 6.45) is 2.75. The zero-order valence-electron chi connectivity index (χ0n) is 18.2. The smallest absolute Gasteiger partial charge is 0.332 e. The number of thioether (sulfide) groups is 1. The van der Waals surface area contributed by atoms with Crippen LogP contribution in [0, 0.1) is 0 Å². The number of carbonyl (C=O) groups is 4. The van der Waals surface area contributed by atoms with Gasteiger partial charge in [-0.25, -0.2) is 9.59 Å².